The summed E-state index contributed by atoms with van der Waals surface area (Å²) in [6.07, 6.45) is 6.69. The van der Waals surface area contributed by atoms with Crippen LogP contribution in [0.2, 0.25) is 0 Å². The van der Waals surface area contributed by atoms with Crippen molar-refractivity contribution >= 4 is 22.8 Å². The van der Waals surface area contributed by atoms with E-state index in [-0.39, 0.29) is 0 Å². The van der Waals surface area contributed by atoms with Crippen LogP contribution < -0.4 is 10.6 Å². The van der Waals surface area contributed by atoms with Gasteiger partial charge in [0.2, 0.25) is 5.91 Å². The molecule has 6 nitrogen and oxygen atoms in total. The number of H-pyrrole nitrogens is 1. The molecule has 1 fully saturated rings. The molecule has 0 spiro atoms. The molecule has 2 heterocycles. The molecular weight excluding hydrogens is 350 g/mol. The molecule has 2 aromatic rings. The Labute approximate surface area is 167 Å². The lowest BCUT2D eigenvalue weighted by atomic mass is 10.1. The highest BCUT2D eigenvalue weighted by Gasteiger charge is 2.26. The number of amides is 1. The van der Waals surface area contributed by atoms with Crippen molar-refractivity contribution in [1.82, 2.24) is 20.5 Å². The summed E-state index contributed by atoms with van der Waals surface area (Å²) in [5, 5.41) is 8.08. The predicted octanol–water partition coefficient (Wildman–Crippen LogP) is 2.97. The summed E-state index contributed by atoms with van der Waals surface area (Å²) in [5.41, 5.74) is 3.78. The fourth-order valence-electron chi connectivity index (χ4n) is 4.04. The lowest BCUT2D eigenvalue weighted by Gasteiger charge is -2.27. The molecule has 0 aliphatic carbocycles. The second kappa shape index (κ2) is 9.62. The molecule has 1 aliphatic heterocycles. The number of carbonyl (C=O) groups excluding carboxylic acids is 1. The van der Waals surface area contributed by atoms with Gasteiger partial charge < -0.3 is 20.5 Å². The van der Waals surface area contributed by atoms with Crippen LogP contribution in [-0.4, -0.2) is 54.5 Å². The number of hydrogen-bond acceptors (Lipinski definition) is 2. The lowest BCUT2D eigenvalue weighted by Crippen LogP contribution is -2.42. The minimum Gasteiger partial charge on any atom is -0.361 e. The summed E-state index contributed by atoms with van der Waals surface area (Å²) >= 11 is 0. The Balaban J connectivity index is 1.43. The number of aryl methyl sites for hydroxylation is 1. The normalized spacial score (nSPS) is 16.0. The molecule has 1 aliphatic rings. The second-order valence-electron chi connectivity index (χ2n) is 7.58. The van der Waals surface area contributed by atoms with Crippen molar-refractivity contribution in [3.8, 4) is 0 Å². The second-order valence-corrected chi connectivity index (χ2v) is 7.58. The maximum atomic E-state index is 12.0. The number of aliphatic imine (C=N–C) groups is 1. The third-order valence-electron chi connectivity index (χ3n) is 5.63. The summed E-state index contributed by atoms with van der Waals surface area (Å²) in [6.45, 7) is 6.82. The van der Waals surface area contributed by atoms with Gasteiger partial charge in [-0.2, -0.15) is 0 Å². The standard InChI is InChI=1S/C22H33N5O/c1-4-18(27-13-5-6-21(27)28)10-12-25-22(23-3)24-11-9-17-15-26-20-14-16(2)7-8-19(17)20/h7-8,14-15,18,26H,4-6,9-13H2,1-3H3,(H2,23,24,25). The van der Waals surface area contributed by atoms with Crippen molar-refractivity contribution in [3.63, 3.8) is 0 Å². The van der Waals surface area contributed by atoms with E-state index < -0.39 is 0 Å². The molecule has 0 bridgehead atoms. The monoisotopic (exact) mass is 383 g/mol. The highest BCUT2D eigenvalue weighted by atomic mass is 16.2. The molecule has 28 heavy (non-hydrogen) atoms. The van der Waals surface area contributed by atoms with Gasteiger partial charge in [-0.1, -0.05) is 19.1 Å². The maximum absolute atomic E-state index is 12.0. The number of aromatic amines is 1. The molecule has 0 radical (unpaired) electrons. The molecule has 6 heteroatoms. The van der Waals surface area contributed by atoms with Crippen LogP contribution in [0.1, 0.15) is 43.7 Å². The number of hydrogen-bond donors (Lipinski definition) is 3. The van der Waals surface area contributed by atoms with Crippen molar-refractivity contribution in [1.29, 1.82) is 0 Å². The number of rotatable bonds is 8. The van der Waals surface area contributed by atoms with E-state index in [0.717, 1.165) is 51.3 Å². The number of benzene rings is 1. The van der Waals surface area contributed by atoms with Crippen molar-refractivity contribution in [2.75, 3.05) is 26.7 Å². The Morgan fingerprint density at radius 1 is 1.32 bits per heavy atom. The highest BCUT2D eigenvalue weighted by Crippen LogP contribution is 2.20. The zero-order chi connectivity index (χ0) is 19.9. The van der Waals surface area contributed by atoms with Crippen LogP contribution >= 0.6 is 0 Å². The van der Waals surface area contributed by atoms with Gasteiger partial charge in [-0.25, -0.2) is 0 Å². The molecule has 1 unspecified atom stereocenters. The number of nitrogens with one attached hydrogen (secondary N) is 3. The molecule has 1 amide bonds. The molecule has 1 aromatic heterocycles. The van der Waals surface area contributed by atoms with Gasteiger partial charge in [0.1, 0.15) is 0 Å². The molecule has 3 rings (SSSR count). The zero-order valence-electron chi connectivity index (χ0n) is 17.3. The van der Waals surface area contributed by atoms with Gasteiger partial charge in [-0.3, -0.25) is 9.79 Å². The third kappa shape index (κ3) is 4.86. The minimum absolute atomic E-state index is 0.309. The molecule has 0 saturated carbocycles. The van der Waals surface area contributed by atoms with Gasteiger partial charge in [0.05, 0.1) is 0 Å². The summed E-state index contributed by atoms with van der Waals surface area (Å²) < 4.78 is 0. The predicted molar refractivity (Wildman–Crippen MR) is 116 cm³/mol. The maximum Gasteiger partial charge on any atom is 0.222 e. The Kier molecular flexibility index (Phi) is 6.95. The van der Waals surface area contributed by atoms with Gasteiger partial charge >= 0.3 is 0 Å². The van der Waals surface area contributed by atoms with Crippen LogP contribution in [0.4, 0.5) is 0 Å². The van der Waals surface area contributed by atoms with E-state index >= 15 is 0 Å². The molecule has 1 saturated heterocycles. The Morgan fingerprint density at radius 2 is 2.14 bits per heavy atom. The Bertz CT molecular complexity index is 825. The van der Waals surface area contributed by atoms with Crippen LogP contribution in [0.15, 0.2) is 29.4 Å². The van der Waals surface area contributed by atoms with E-state index in [2.05, 4.69) is 63.8 Å². The van der Waals surface area contributed by atoms with E-state index in [1.165, 1.54) is 22.0 Å². The average molecular weight is 384 g/mol. The Morgan fingerprint density at radius 3 is 2.86 bits per heavy atom. The number of fused-ring (bicyclic) bond motifs is 1. The molecule has 1 atom stereocenters. The van der Waals surface area contributed by atoms with Crippen molar-refractivity contribution in [2.24, 2.45) is 4.99 Å². The van der Waals surface area contributed by atoms with E-state index in [1.807, 2.05) is 0 Å². The van der Waals surface area contributed by atoms with Crippen LogP contribution in [-0.2, 0) is 11.2 Å². The van der Waals surface area contributed by atoms with Crippen LogP contribution in [0.5, 0.6) is 0 Å². The SMILES string of the molecule is CCC(CCNC(=NC)NCCc1c[nH]c2cc(C)ccc12)N1CCCC1=O. The van der Waals surface area contributed by atoms with Crippen LogP contribution in [0.3, 0.4) is 0 Å². The fourth-order valence-corrected chi connectivity index (χ4v) is 4.04. The first-order valence-electron chi connectivity index (χ1n) is 10.4. The molecule has 3 N–H and O–H groups in total. The smallest absolute Gasteiger partial charge is 0.222 e. The lowest BCUT2D eigenvalue weighted by molar-refractivity contribution is -0.129. The van der Waals surface area contributed by atoms with E-state index in [0.29, 0.717) is 18.4 Å². The largest absolute Gasteiger partial charge is 0.361 e. The third-order valence-corrected chi connectivity index (χ3v) is 5.63. The summed E-state index contributed by atoms with van der Waals surface area (Å²) in [4.78, 5) is 21.7. The quantitative estimate of drug-likeness (QED) is 0.485. The first-order chi connectivity index (χ1) is 13.6. The van der Waals surface area contributed by atoms with E-state index in [4.69, 9.17) is 0 Å². The number of aromatic nitrogens is 1. The van der Waals surface area contributed by atoms with Gasteiger partial charge in [0.15, 0.2) is 5.96 Å². The van der Waals surface area contributed by atoms with Gasteiger partial charge in [0.25, 0.3) is 0 Å². The first kappa shape index (κ1) is 20.2. The molecular formula is C22H33N5O. The number of likely N-dealkylation sites (tertiary alicyclic amines) is 1. The van der Waals surface area contributed by atoms with Crippen molar-refractivity contribution < 1.29 is 4.79 Å². The van der Waals surface area contributed by atoms with Crippen molar-refractivity contribution in [3.05, 3.63) is 35.5 Å². The summed E-state index contributed by atoms with van der Waals surface area (Å²) in [6, 6.07) is 6.86. The van der Waals surface area contributed by atoms with E-state index in [1.54, 1.807) is 7.05 Å². The fraction of sp³-hybridized carbons (Fsp3) is 0.545. The first-order valence-corrected chi connectivity index (χ1v) is 10.4. The number of nitrogens with zero attached hydrogens (tertiary/aromatic N) is 2. The Hall–Kier alpha value is -2.50. The van der Waals surface area contributed by atoms with Crippen molar-refractivity contribution in [2.45, 2.75) is 52.0 Å². The van der Waals surface area contributed by atoms with E-state index in [9.17, 15) is 4.79 Å². The van der Waals surface area contributed by atoms with Gasteiger partial charge in [-0.05, 0) is 49.8 Å². The average Bonchev–Trinajstić information content (AvgIpc) is 3.29. The molecule has 1 aromatic carbocycles. The highest BCUT2D eigenvalue weighted by molar-refractivity contribution is 5.84. The van der Waals surface area contributed by atoms with Gasteiger partial charge in [0, 0.05) is 56.2 Å². The number of guanidine groups is 1. The van der Waals surface area contributed by atoms with Crippen LogP contribution in [0.25, 0.3) is 10.9 Å². The van der Waals surface area contributed by atoms with Crippen LogP contribution in [0, 0.1) is 6.92 Å². The number of carbonyl (C=O) groups is 1. The van der Waals surface area contributed by atoms with Gasteiger partial charge in [-0.15, -0.1) is 0 Å². The zero-order valence-corrected chi connectivity index (χ0v) is 17.3. The summed E-state index contributed by atoms with van der Waals surface area (Å²) in [5.74, 6) is 1.13. The summed E-state index contributed by atoms with van der Waals surface area (Å²) in [7, 11) is 1.80. The topological polar surface area (TPSA) is 72.5 Å². The minimum atomic E-state index is 0.309. The molecule has 152 valence electrons.